The summed E-state index contributed by atoms with van der Waals surface area (Å²) in [6.45, 7) is 2.12. The van der Waals surface area contributed by atoms with E-state index in [2.05, 4.69) is 20.1 Å². The molecule has 1 heterocycles. The highest BCUT2D eigenvalue weighted by Crippen LogP contribution is 2.17. The van der Waals surface area contributed by atoms with Crippen molar-refractivity contribution in [2.45, 2.75) is 12.8 Å². The van der Waals surface area contributed by atoms with Crippen molar-refractivity contribution >= 4 is 9.39 Å². The van der Waals surface area contributed by atoms with Gasteiger partial charge in [0.1, 0.15) is 0 Å². The van der Waals surface area contributed by atoms with Crippen molar-refractivity contribution in [2.75, 3.05) is 13.1 Å². The van der Waals surface area contributed by atoms with Crippen molar-refractivity contribution < 1.29 is 0 Å². The Hall–Kier alpha value is -0.120. The molecule has 50 valence electrons. The van der Waals surface area contributed by atoms with Gasteiger partial charge >= 0.3 is 0 Å². The van der Waals surface area contributed by atoms with Gasteiger partial charge in [-0.2, -0.15) is 5.26 Å². The third-order valence-electron chi connectivity index (χ3n) is 1.71. The first-order chi connectivity index (χ1) is 4.33. The van der Waals surface area contributed by atoms with Crippen LogP contribution in [0.1, 0.15) is 12.8 Å². The Morgan fingerprint density at radius 3 is 2.44 bits per heavy atom. The number of hydrogen-bond acceptors (Lipinski definition) is 2. The molecular formula is C6H11N2P. The highest BCUT2D eigenvalue weighted by molar-refractivity contribution is 7.13. The Bertz CT molecular complexity index is 122. The van der Waals surface area contributed by atoms with Gasteiger partial charge in [0.05, 0.1) is 6.07 Å². The van der Waals surface area contributed by atoms with E-state index < -0.39 is 0 Å². The van der Waals surface area contributed by atoms with Crippen LogP contribution in [-0.4, -0.2) is 17.8 Å². The van der Waals surface area contributed by atoms with Crippen LogP contribution in [0.4, 0.5) is 0 Å². The highest BCUT2D eigenvalue weighted by atomic mass is 31.0. The van der Waals surface area contributed by atoms with Crippen molar-refractivity contribution in [2.24, 2.45) is 5.92 Å². The minimum Gasteiger partial charge on any atom is -0.287 e. The monoisotopic (exact) mass is 142 g/mol. The summed E-state index contributed by atoms with van der Waals surface area (Å²) < 4.78 is 2.19. The van der Waals surface area contributed by atoms with Gasteiger partial charge in [0.25, 0.3) is 0 Å². The van der Waals surface area contributed by atoms with Gasteiger partial charge in [-0.05, 0) is 12.8 Å². The van der Waals surface area contributed by atoms with Crippen LogP contribution in [0.15, 0.2) is 0 Å². The summed E-state index contributed by atoms with van der Waals surface area (Å²) >= 11 is 0. The molecule has 1 aliphatic heterocycles. The standard InChI is InChI=1S/C6H11N2P/c7-5-6-1-3-8(9)4-2-6/h6H,1-4,9H2. The third kappa shape index (κ3) is 1.93. The van der Waals surface area contributed by atoms with Crippen LogP contribution in [0.25, 0.3) is 0 Å². The number of piperidine rings is 1. The molecular weight excluding hydrogens is 131 g/mol. The van der Waals surface area contributed by atoms with E-state index in [1.165, 1.54) is 0 Å². The Kier molecular flexibility index (Phi) is 2.45. The predicted molar refractivity (Wildman–Crippen MR) is 39.6 cm³/mol. The Balaban J connectivity index is 2.28. The SMILES string of the molecule is N#CC1CCN(P)CC1. The molecule has 1 fully saturated rings. The number of nitriles is 1. The van der Waals surface area contributed by atoms with Crippen molar-refractivity contribution in [3.8, 4) is 6.07 Å². The van der Waals surface area contributed by atoms with E-state index in [0.717, 1.165) is 25.9 Å². The van der Waals surface area contributed by atoms with Crippen LogP contribution in [-0.2, 0) is 0 Å². The Morgan fingerprint density at radius 2 is 2.00 bits per heavy atom. The second kappa shape index (κ2) is 3.15. The largest absolute Gasteiger partial charge is 0.287 e. The van der Waals surface area contributed by atoms with E-state index in [-0.39, 0.29) is 0 Å². The lowest BCUT2D eigenvalue weighted by Gasteiger charge is -2.24. The lowest BCUT2D eigenvalue weighted by Crippen LogP contribution is -2.24. The van der Waals surface area contributed by atoms with Crippen molar-refractivity contribution in [3.05, 3.63) is 0 Å². The molecule has 0 aromatic heterocycles. The first-order valence-corrected chi connectivity index (χ1v) is 3.74. The average molecular weight is 142 g/mol. The molecule has 1 saturated heterocycles. The van der Waals surface area contributed by atoms with Gasteiger partial charge in [-0.25, -0.2) is 0 Å². The minimum atomic E-state index is 0.321. The molecule has 0 aromatic carbocycles. The second-order valence-corrected chi connectivity index (χ2v) is 3.17. The fourth-order valence-corrected chi connectivity index (χ4v) is 1.33. The van der Waals surface area contributed by atoms with Gasteiger partial charge in [0.2, 0.25) is 0 Å². The van der Waals surface area contributed by atoms with E-state index in [0.29, 0.717) is 5.92 Å². The zero-order valence-corrected chi connectivity index (χ0v) is 6.53. The zero-order valence-electron chi connectivity index (χ0n) is 5.38. The molecule has 1 aliphatic rings. The van der Waals surface area contributed by atoms with Crippen LogP contribution in [0, 0.1) is 17.2 Å². The van der Waals surface area contributed by atoms with Crippen molar-refractivity contribution in [3.63, 3.8) is 0 Å². The van der Waals surface area contributed by atoms with Crippen molar-refractivity contribution in [1.29, 1.82) is 5.26 Å². The zero-order chi connectivity index (χ0) is 6.69. The number of nitrogens with zero attached hydrogens (tertiary/aromatic N) is 2. The predicted octanol–water partition coefficient (Wildman–Crippen LogP) is 1.01. The van der Waals surface area contributed by atoms with E-state index in [1.54, 1.807) is 0 Å². The highest BCUT2D eigenvalue weighted by Gasteiger charge is 2.14. The maximum absolute atomic E-state index is 8.50. The smallest absolute Gasteiger partial charge is 0.0656 e. The first kappa shape index (κ1) is 6.99. The molecule has 0 aromatic rings. The fourth-order valence-electron chi connectivity index (χ4n) is 1.03. The Labute approximate surface area is 58.1 Å². The maximum Gasteiger partial charge on any atom is 0.0656 e. The molecule has 0 amide bonds. The summed E-state index contributed by atoms with van der Waals surface area (Å²) in [6.07, 6.45) is 2.08. The topological polar surface area (TPSA) is 27.0 Å². The molecule has 2 nitrogen and oxygen atoms in total. The fraction of sp³-hybridized carbons (Fsp3) is 0.833. The molecule has 1 atom stereocenters. The van der Waals surface area contributed by atoms with Crippen molar-refractivity contribution in [1.82, 2.24) is 4.67 Å². The lowest BCUT2D eigenvalue weighted by molar-refractivity contribution is 0.333. The summed E-state index contributed by atoms with van der Waals surface area (Å²) in [5.41, 5.74) is 0. The second-order valence-electron chi connectivity index (χ2n) is 2.44. The third-order valence-corrected chi connectivity index (χ3v) is 2.23. The first-order valence-electron chi connectivity index (χ1n) is 3.22. The van der Waals surface area contributed by atoms with Crippen LogP contribution < -0.4 is 0 Å². The molecule has 3 heteroatoms. The van der Waals surface area contributed by atoms with Gasteiger partial charge in [-0.15, -0.1) is 0 Å². The summed E-state index contributed by atoms with van der Waals surface area (Å²) in [6, 6.07) is 2.29. The minimum absolute atomic E-state index is 0.321. The molecule has 1 unspecified atom stereocenters. The van der Waals surface area contributed by atoms with Crippen LogP contribution >= 0.6 is 9.39 Å². The summed E-state index contributed by atoms with van der Waals surface area (Å²) in [5.74, 6) is 0.321. The van der Waals surface area contributed by atoms with Crippen LogP contribution in [0.2, 0.25) is 0 Å². The van der Waals surface area contributed by atoms with Gasteiger partial charge in [0.15, 0.2) is 0 Å². The van der Waals surface area contributed by atoms with Gasteiger partial charge < -0.3 is 0 Å². The van der Waals surface area contributed by atoms with Gasteiger partial charge in [-0.1, -0.05) is 9.39 Å². The normalized spacial score (nSPS) is 23.6. The van der Waals surface area contributed by atoms with E-state index in [1.807, 2.05) is 0 Å². The maximum atomic E-state index is 8.50. The molecule has 0 spiro atoms. The molecule has 0 radical (unpaired) electrons. The molecule has 1 rings (SSSR count). The summed E-state index contributed by atoms with van der Waals surface area (Å²) in [7, 11) is 2.67. The van der Waals surface area contributed by atoms with Gasteiger partial charge in [0, 0.05) is 19.0 Å². The summed E-state index contributed by atoms with van der Waals surface area (Å²) in [5, 5.41) is 8.50. The van der Waals surface area contributed by atoms with Crippen LogP contribution in [0.3, 0.4) is 0 Å². The number of rotatable bonds is 0. The van der Waals surface area contributed by atoms with Gasteiger partial charge in [-0.3, -0.25) is 4.67 Å². The number of hydrogen-bond donors (Lipinski definition) is 0. The molecule has 0 aliphatic carbocycles. The molecule has 0 bridgehead atoms. The van der Waals surface area contributed by atoms with E-state index in [9.17, 15) is 0 Å². The van der Waals surface area contributed by atoms with E-state index in [4.69, 9.17) is 5.26 Å². The Morgan fingerprint density at radius 1 is 1.44 bits per heavy atom. The quantitative estimate of drug-likeness (QED) is 0.472. The molecule has 9 heavy (non-hydrogen) atoms. The molecule has 0 saturated carbocycles. The average Bonchev–Trinajstić information content (AvgIpc) is 1.90. The molecule has 0 N–H and O–H groups in total. The lowest BCUT2D eigenvalue weighted by atomic mass is 10.0. The summed E-state index contributed by atoms with van der Waals surface area (Å²) in [4.78, 5) is 0. The van der Waals surface area contributed by atoms with E-state index >= 15 is 0 Å². The van der Waals surface area contributed by atoms with Crippen LogP contribution in [0.5, 0.6) is 0 Å².